The maximum absolute atomic E-state index is 12.9. The van der Waals surface area contributed by atoms with Crippen molar-refractivity contribution in [2.24, 2.45) is 0 Å². The second-order valence-corrected chi connectivity index (χ2v) is 8.58. The number of aromatic nitrogens is 2. The van der Waals surface area contributed by atoms with Gasteiger partial charge in [0.1, 0.15) is 5.76 Å². The smallest absolute Gasteiger partial charge is 0.236 e. The molecule has 0 aliphatic carbocycles. The first kappa shape index (κ1) is 21.5. The molecule has 7 heteroatoms. The van der Waals surface area contributed by atoms with Gasteiger partial charge in [0.2, 0.25) is 5.91 Å². The van der Waals surface area contributed by atoms with Crippen LogP contribution in [-0.4, -0.2) is 52.4 Å². The number of carbonyl (C=O) groups is 1. The number of likely N-dealkylation sites (tertiary alicyclic amines) is 1. The van der Waals surface area contributed by atoms with Crippen LogP contribution in [0.3, 0.4) is 0 Å². The van der Waals surface area contributed by atoms with Gasteiger partial charge >= 0.3 is 0 Å². The summed E-state index contributed by atoms with van der Waals surface area (Å²) in [5.74, 6) is 1.83. The highest BCUT2D eigenvalue weighted by Crippen LogP contribution is 2.27. The number of rotatable bonds is 7. The normalized spacial score (nSPS) is 16.6. The van der Waals surface area contributed by atoms with Crippen LogP contribution in [0, 0.1) is 0 Å². The molecule has 1 unspecified atom stereocenters. The molecule has 0 radical (unpaired) electrons. The third-order valence-corrected chi connectivity index (χ3v) is 5.80. The van der Waals surface area contributed by atoms with E-state index in [1.54, 1.807) is 12.4 Å². The number of nitrogens with zero attached hydrogens (tertiary/aromatic N) is 4. The number of halogens is 1. The molecule has 4 rings (SSSR count). The molecular formula is C24H27ClN4O2. The zero-order chi connectivity index (χ0) is 21.6. The lowest BCUT2D eigenvalue weighted by atomic mass is 9.98. The van der Waals surface area contributed by atoms with Crippen molar-refractivity contribution in [3.05, 3.63) is 82.8 Å². The van der Waals surface area contributed by atoms with Crippen molar-refractivity contribution < 1.29 is 9.21 Å². The van der Waals surface area contributed by atoms with E-state index in [4.69, 9.17) is 16.0 Å². The molecule has 1 amide bonds. The van der Waals surface area contributed by atoms with E-state index in [2.05, 4.69) is 9.97 Å². The van der Waals surface area contributed by atoms with Crippen molar-refractivity contribution >= 4 is 17.5 Å². The average molecular weight is 439 g/mol. The van der Waals surface area contributed by atoms with E-state index < -0.39 is 0 Å². The lowest BCUT2D eigenvalue weighted by molar-refractivity contribution is -0.133. The third-order valence-electron chi connectivity index (χ3n) is 5.55. The second kappa shape index (κ2) is 10.1. The van der Waals surface area contributed by atoms with E-state index in [1.165, 1.54) is 0 Å². The Morgan fingerprint density at radius 2 is 2.06 bits per heavy atom. The average Bonchev–Trinajstić information content (AvgIpc) is 3.24. The summed E-state index contributed by atoms with van der Waals surface area (Å²) >= 11 is 5.96. The molecule has 0 saturated carbocycles. The van der Waals surface area contributed by atoms with Crippen LogP contribution in [0.15, 0.2) is 59.3 Å². The number of pyridine rings is 1. The van der Waals surface area contributed by atoms with E-state index in [0.29, 0.717) is 26.1 Å². The maximum atomic E-state index is 12.9. The number of hydrogen-bond donors (Lipinski definition) is 0. The van der Waals surface area contributed by atoms with Crippen LogP contribution in [0.4, 0.5) is 0 Å². The number of hydrogen-bond acceptors (Lipinski definition) is 5. The van der Waals surface area contributed by atoms with Gasteiger partial charge in [-0.15, -0.1) is 0 Å². The molecule has 6 nitrogen and oxygen atoms in total. The van der Waals surface area contributed by atoms with E-state index in [9.17, 15) is 4.79 Å². The SMILES string of the molecule is CN(CC(=O)N1CCCC(c2ncc(Cc3ccc(Cl)cc3)o2)C1)Cc1ccccn1. The van der Waals surface area contributed by atoms with Crippen molar-refractivity contribution in [2.75, 3.05) is 26.7 Å². The van der Waals surface area contributed by atoms with E-state index in [1.807, 2.05) is 59.3 Å². The number of amides is 1. The largest absolute Gasteiger partial charge is 0.445 e. The standard InChI is InChI=1S/C24H27ClN4O2/c1-28(16-21-6-2-3-11-26-21)17-23(30)29-12-4-5-19(15-29)24-27-14-22(31-24)13-18-7-9-20(25)10-8-18/h2-3,6-11,14,19H,4-5,12-13,15-17H2,1H3. The Labute approximate surface area is 187 Å². The number of benzene rings is 1. The van der Waals surface area contributed by atoms with Crippen LogP contribution < -0.4 is 0 Å². The molecule has 0 bridgehead atoms. The van der Waals surface area contributed by atoms with Crippen molar-refractivity contribution in [2.45, 2.75) is 31.7 Å². The van der Waals surface area contributed by atoms with Gasteiger partial charge in [0, 0.05) is 37.3 Å². The first-order valence-corrected chi connectivity index (χ1v) is 11.0. The molecule has 0 spiro atoms. The van der Waals surface area contributed by atoms with Gasteiger partial charge in [-0.05, 0) is 49.7 Å². The maximum Gasteiger partial charge on any atom is 0.236 e. The fourth-order valence-electron chi connectivity index (χ4n) is 3.96. The molecule has 1 atom stereocenters. The zero-order valence-electron chi connectivity index (χ0n) is 17.7. The quantitative estimate of drug-likeness (QED) is 0.554. The highest BCUT2D eigenvalue weighted by atomic mass is 35.5. The molecule has 1 aliphatic rings. The molecule has 2 aromatic heterocycles. The van der Waals surface area contributed by atoms with Gasteiger partial charge in [0.05, 0.1) is 24.4 Å². The fourth-order valence-corrected chi connectivity index (χ4v) is 4.08. The molecule has 1 aliphatic heterocycles. The predicted molar refractivity (Wildman–Crippen MR) is 120 cm³/mol. The van der Waals surface area contributed by atoms with Gasteiger partial charge < -0.3 is 9.32 Å². The van der Waals surface area contributed by atoms with Gasteiger partial charge in [-0.2, -0.15) is 0 Å². The summed E-state index contributed by atoms with van der Waals surface area (Å²) < 4.78 is 6.04. The molecule has 1 saturated heterocycles. The van der Waals surface area contributed by atoms with E-state index in [0.717, 1.165) is 47.3 Å². The Hall–Kier alpha value is -2.70. The number of likely N-dealkylation sites (N-methyl/N-ethyl adjacent to an activating group) is 1. The van der Waals surface area contributed by atoms with Crippen molar-refractivity contribution in [3.63, 3.8) is 0 Å². The van der Waals surface area contributed by atoms with Crippen LogP contribution in [0.25, 0.3) is 0 Å². The second-order valence-electron chi connectivity index (χ2n) is 8.14. The summed E-state index contributed by atoms with van der Waals surface area (Å²) in [5, 5.41) is 0.722. The summed E-state index contributed by atoms with van der Waals surface area (Å²) in [6.45, 7) is 2.45. The Balaban J connectivity index is 1.32. The first-order valence-electron chi connectivity index (χ1n) is 10.6. The third kappa shape index (κ3) is 5.93. The molecule has 0 N–H and O–H groups in total. The summed E-state index contributed by atoms with van der Waals surface area (Å²) in [5.41, 5.74) is 2.09. The molecule has 162 valence electrons. The minimum absolute atomic E-state index is 0.135. The van der Waals surface area contributed by atoms with Crippen LogP contribution in [-0.2, 0) is 17.8 Å². The lowest BCUT2D eigenvalue weighted by Gasteiger charge is -2.32. The van der Waals surface area contributed by atoms with E-state index in [-0.39, 0.29) is 11.8 Å². The molecule has 1 aromatic carbocycles. The van der Waals surface area contributed by atoms with Crippen LogP contribution in [0.5, 0.6) is 0 Å². The summed E-state index contributed by atoms with van der Waals surface area (Å²) in [7, 11) is 1.95. The highest BCUT2D eigenvalue weighted by molar-refractivity contribution is 6.30. The molecule has 1 fully saturated rings. The summed E-state index contributed by atoms with van der Waals surface area (Å²) in [6.07, 6.45) is 6.19. The lowest BCUT2D eigenvalue weighted by Crippen LogP contribution is -2.43. The Morgan fingerprint density at radius 1 is 1.23 bits per heavy atom. The van der Waals surface area contributed by atoms with Crippen molar-refractivity contribution in [1.29, 1.82) is 0 Å². The zero-order valence-corrected chi connectivity index (χ0v) is 18.5. The topological polar surface area (TPSA) is 62.5 Å². The predicted octanol–water partition coefficient (Wildman–Crippen LogP) is 4.15. The minimum atomic E-state index is 0.135. The number of piperidine rings is 1. The van der Waals surface area contributed by atoms with Crippen molar-refractivity contribution in [3.8, 4) is 0 Å². The molecule has 3 aromatic rings. The number of oxazole rings is 1. The van der Waals surface area contributed by atoms with Crippen LogP contribution in [0.1, 0.15) is 41.7 Å². The van der Waals surface area contributed by atoms with Gasteiger partial charge in [-0.1, -0.05) is 29.8 Å². The molecule has 31 heavy (non-hydrogen) atoms. The molecule has 3 heterocycles. The Kier molecular flexibility index (Phi) is 6.99. The highest BCUT2D eigenvalue weighted by Gasteiger charge is 2.28. The van der Waals surface area contributed by atoms with Crippen molar-refractivity contribution in [1.82, 2.24) is 19.8 Å². The molecular weight excluding hydrogens is 412 g/mol. The Morgan fingerprint density at radius 3 is 2.84 bits per heavy atom. The minimum Gasteiger partial charge on any atom is -0.445 e. The van der Waals surface area contributed by atoms with E-state index >= 15 is 0 Å². The van der Waals surface area contributed by atoms with Gasteiger partial charge in [-0.25, -0.2) is 4.98 Å². The first-order chi connectivity index (χ1) is 15.1. The fraction of sp³-hybridized carbons (Fsp3) is 0.375. The monoisotopic (exact) mass is 438 g/mol. The van der Waals surface area contributed by atoms with Gasteiger partial charge in [-0.3, -0.25) is 14.7 Å². The summed E-state index contributed by atoms with van der Waals surface area (Å²) in [6, 6.07) is 13.6. The van der Waals surface area contributed by atoms with Crippen LogP contribution in [0.2, 0.25) is 5.02 Å². The number of carbonyl (C=O) groups excluding carboxylic acids is 1. The van der Waals surface area contributed by atoms with Gasteiger partial charge in [0.25, 0.3) is 0 Å². The van der Waals surface area contributed by atoms with Gasteiger partial charge in [0.15, 0.2) is 5.89 Å². The summed E-state index contributed by atoms with van der Waals surface area (Å²) in [4.78, 5) is 25.6. The van der Waals surface area contributed by atoms with Crippen LogP contribution >= 0.6 is 11.6 Å². The Bertz CT molecular complexity index is 990.